The number of nitrogens with zero attached hydrogens (tertiary/aromatic N) is 3. The van der Waals surface area contributed by atoms with Gasteiger partial charge >= 0.3 is 0 Å². The Morgan fingerprint density at radius 3 is 2.32 bits per heavy atom. The molecule has 1 aromatic heterocycles. The molecule has 0 saturated heterocycles. The lowest BCUT2D eigenvalue weighted by Crippen LogP contribution is -2.36. The standard InChI is InChI=1S/C23H29N5O2.HI/c1-16-12-17(2)28(27-16)20-9-7-6-8-19(20)15-26-23(24-3)25-14-18-10-11-21(29-4)22(13-18)30-5;/h6-13H,14-15H2,1-5H3,(H2,24,25,26);1H. The van der Waals surface area contributed by atoms with Gasteiger partial charge in [0.05, 0.1) is 25.6 Å². The summed E-state index contributed by atoms with van der Waals surface area (Å²) in [5.41, 5.74) is 5.38. The van der Waals surface area contributed by atoms with Crippen LogP contribution < -0.4 is 20.1 Å². The Kier molecular flexibility index (Phi) is 9.17. The number of para-hydroxylation sites is 1. The van der Waals surface area contributed by atoms with Gasteiger partial charge in [0.25, 0.3) is 0 Å². The van der Waals surface area contributed by atoms with E-state index in [-0.39, 0.29) is 24.0 Å². The molecule has 0 aliphatic rings. The van der Waals surface area contributed by atoms with Crippen LogP contribution in [0.15, 0.2) is 53.5 Å². The summed E-state index contributed by atoms with van der Waals surface area (Å²) in [6.45, 7) is 5.30. The zero-order valence-corrected chi connectivity index (χ0v) is 20.9. The molecule has 3 aromatic rings. The van der Waals surface area contributed by atoms with Gasteiger partial charge in [-0.15, -0.1) is 24.0 Å². The van der Waals surface area contributed by atoms with Gasteiger partial charge in [0.2, 0.25) is 0 Å². The minimum Gasteiger partial charge on any atom is -0.493 e. The maximum Gasteiger partial charge on any atom is 0.191 e. The molecule has 0 aliphatic carbocycles. The molecule has 0 bridgehead atoms. The molecule has 1 heterocycles. The molecule has 0 amide bonds. The molecule has 0 unspecified atom stereocenters. The summed E-state index contributed by atoms with van der Waals surface area (Å²) in [6.07, 6.45) is 0. The topological polar surface area (TPSA) is 72.7 Å². The van der Waals surface area contributed by atoms with Gasteiger partial charge in [0.1, 0.15) is 0 Å². The van der Waals surface area contributed by atoms with E-state index >= 15 is 0 Å². The van der Waals surface area contributed by atoms with Gasteiger partial charge in [-0.25, -0.2) is 4.68 Å². The molecule has 166 valence electrons. The molecule has 8 heteroatoms. The Balaban J connectivity index is 0.00000341. The summed E-state index contributed by atoms with van der Waals surface area (Å²) in [6, 6.07) is 16.2. The molecule has 3 rings (SSSR count). The molecule has 0 saturated carbocycles. The largest absolute Gasteiger partial charge is 0.493 e. The Morgan fingerprint density at radius 2 is 1.68 bits per heavy atom. The van der Waals surface area contributed by atoms with E-state index in [9.17, 15) is 0 Å². The van der Waals surface area contributed by atoms with Crippen LogP contribution in [0.2, 0.25) is 0 Å². The molecular weight excluding hydrogens is 505 g/mol. The fraction of sp³-hybridized carbons (Fsp3) is 0.304. The molecule has 0 radical (unpaired) electrons. The number of nitrogens with one attached hydrogen (secondary N) is 2. The van der Waals surface area contributed by atoms with Crippen molar-refractivity contribution >= 4 is 29.9 Å². The fourth-order valence-corrected chi connectivity index (χ4v) is 3.32. The van der Waals surface area contributed by atoms with Gasteiger partial charge in [0, 0.05) is 25.8 Å². The minimum atomic E-state index is 0. The van der Waals surface area contributed by atoms with Crippen LogP contribution in [-0.2, 0) is 13.1 Å². The Bertz CT molecular complexity index is 1030. The number of halogens is 1. The maximum atomic E-state index is 5.38. The maximum absolute atomic E-state index is 5.38. The lowest BCUT2D eigenvalue weighted by molar-refractivity contribution is 0.354. The molecular formula is C23H30IN5O2. The third kappa shape index (κ3) is 6.13. The van der Waals surface area contributed by atoms with Crippen molar-refractivity contribution in [3.63, 3.8) is 0 Å². The van der Waals surface area contributed by atoms with E-state index in [0.717, 1.165) is 28.2 Å². The normalized spacial score (nSPS) is 10.9. The van der Waals surface area contributed by atoms with E-state index in [1.165, 1.54) is 0 Å². The summed E-state index contributed by atoms with van der Waals surface area (Å²) >= 11 is 0. The summed E-state index contributed by atoms with van der Waals surface area (Å²) < 4.78 is 12.6. The molecule has 31 heavy (non-hydrogen) atoms. The molecule has 0 spiro atoms. The van der Waals surface area contributed by atoms with Gasteiger partial charge in [-0.1, -0.05) is 24.3 Å². The number of guanidine groups is 1. The number of hydrogen-bond acceptors (Lipinski definition) is 4. The van der Waals surface area contributed by atoms with Gasteiger partial charge in [0.15, 0.2) is 17.5 Å². The third-order valence-corrected chi connectivity index (χ3v) is 4.81. The predicted molar refractivity (Wildman–Crippen MR) is 135 cm³/mol. The number of methoxy groups -OCH3 is 2. The smallest absolute Gasteiger partial charge is 0.191 e. The van der Waals surface area contributed by atoms with Gasteiger partial charge in [-0.2, -0.15) is 5.10 Å². The zero-order chi connectivity index (χ0) is 21.5. The zero-order valence-electron chi connectivity index (χ0n) is 18.6. The second-order valence-corrected chi connectivity index (χ2v) is 6.94. The first-order chi connectivity index (χ1) is 14.5. The highest BCUT2D eigenvalue weighted by Gasteiger charge is 2.10. The molecule has 0 aliphatic heterocycles. The van der Waals surface area contributed by atoms with Crippen LogP contribution in [-0.4, -0.2) is 37.0 Å². The van der Waals surface area contributed by atoms with E-state index in [1.54, 1.807) is 21.3 Å². The average Bonchev–Trinajstić information content (AvgIpc) is 3.11. The number of aliphatic imine (C=N–C) groups is 1. The van der Waals surface area contributed by atoms with Gasteiger partial charge < -0.3 is 20.1 Å². The summed E-state index contributed by atoms with van der Waals surface area (Å²) in [5.74, 6) is 2.14. The van der Waals surface area contributed by atoms with Gasteiger partial charge in [-0.05, 0) is 49.2 Å². The molecule has 2 N–H and O–H groups in total. The highest BCUT2D eigenvalue weighted by molar-refractivity contribution is 14.0. The van der Waals surface area contributed by atoms with Crippen molar-refractivity contribution in [3.05, 3.63) is 71.0 Å². The number of aryl methyl sites for hydroxylation is 2. The van der Waals surface area contributed by atoms with E-state index in [1.807, 2.05) is 41.9 Å². The van der Waals surface area contributed by atoms with Crippen molar-refractivity contribution in [1.82, 2.24) is 20.4 Å². The second-order valence-electron chi connectivity index (χ2n) is 6.94. The van der Waals surface area contributed by atoms with Crippen LogP contribution in [0.25, 0.3) is 5.69 Å². The summed E-state index contributed by atoms with van der Waals surface area (Å²) in [7, 11) is 5.03. The molecule has 0 atom stereocenters. The van der Waals surface area contributed by atoms with Crippen LogP contribution >= 0.6 is 24.0 Å². The number of rotatable bonds is 7. The lowest BCUT2D eigenvalue weighted by Gasteiger charge is -2.15. The lowest BCUT2D eigenvalue weighted by atomic mass is 10.1. The number of hydrogen-bond donors (Lipinski definition) is 2. The van der Waals surface area contributed by atoms with E-state index in [0.29, 0.717) is 30.5 Å². The summed E-state index contributed by atoms with van der Waals surface area (Å²) in [4.78, 5) is 4.33. The van der Waals surface area contributed by atoms with Crippen LogP contribution in [0.1, 0.15) is 22.5 Å². The Hall–Kier alpha value is -2.75. The van der Waals surface area contributed by atoms with Crippen molar-refractivity contribution in [2.75, 3.05) is 21.3 Å². The van der Waals surface area contributed by atoms with Crippen molar-refractivity contribution < 1.29 is 9.47 Å². The first-order valence-electron chi connectivity index (χ1n) is 9.82. The number of ether oxygens (including phenoxy) is 2. The van der Waals surface area contributed by atoms with E-state index in [2.05, 4.69) is 45.8 Å². The highest BCUT2D eigenvalue weighted by atomic mass is 127. The third-order valence-electron chi connectivity index (χ3n) is 4.81. The van der Waals surface area contributed by atoms with Crippen LogP contribution in [0, 0.1) is 13.8 Å². The highest BCUT2D eigenvalue weighted by Crippen LogP contribution is 2.27. The van der Waals surface area contributed by atoms with Crippen LogP contribution in [0.3, 0.4) is 0 Å². The van der Waals surface area contributed by atoms with Crippen molar-refractivity contribution in [1.29, 1.82) is 0 Å². The number of aromatic nitrogens is 2. The quantitative estimate of drug-likeness (QED) is 0.272. The minimum absolute atomic E-state index is 0. The monoisotopic (exact) mass is 535 g/mol. The summed E-state index contributed by atoms with van der Waals surface area (Å²) in [5, 5.41) is 11.3. The fourth-order valence-electron chi connectivity index (χ4n) is 3.32. The molecule has 2 aromatic carbocycles. The molecule has 7 nitrogen and oxygen atoms in total. The first-order valence-corrected chi connectivity index (χ1v) is 9.82. The van der Waals surface area contributed by atoms with Crippen LogP contribution in [0.5, 0.6) is 11.5 Å². The Labute approximate surface area is 200 Å². The van der Waals surface area contributed by atoms with Crippen LogP contribution in [0.4, 0.5) is 0 Å². The predicted octanol–water partition coefficient (Wildman–Crippen LogP) is 3.99. The van der Waals surface area contributed by atoms with E-state index in [4.69, 9.17) is 9.47 Å². The molecule has 0 fully saturated rings. The SMILES string of the molecule is CN=C(NCc1ccc(OC)c(OC)c1)NCc1ccccc1-n1nc(C)cc1C.I. The first kappa shape index (κ1) is 24.5. The van der Waals surface area contributed by atoms with Gasteiger partial charge in [-0.3, -0.25) is 4.99 Å². The average molecular weight is 535 g/mol. The van der Waals surface area contributed by atoms with Crippen molar-refractivity contribution in [2.45, 2.75) is 26.9 Å². The van der Waals surface area contributed by atoms with Crippen molar-refractivity contribution in [2.24, 2.45) is 4.99 Å². The van der Waals surface area contributed by atoms with E-state index < -0.39 is 0 Å². The Morgan fingerprint density at radius 1 is 0.968 bits per heavy atom. The second kappa shape index (κ2) is 11.6. The van der Waals surface area contributed by atoms with Crippen molar-refractivity contribution in [3.8, 4) is 17.2 Å². The number of benzene rings is 2.